The van der Waals surface area contributed by atoms with Gasteiger partial charge in [-0.25, -0.2) is 4.57 Å². The van der Waals surface area contributed by atoms with E-state index in [1.807, 2.05) is 42.5 Å². The first kappa shape index (κ1) is 12.9. The highest BCUT2D eigenvalue weighted by molar-refractivity contribution is 9.10. The minimum atomic E-state index is -3.58. The molecule has 0 fully saturated rings. The summed E-state index contributed by atoms with van der Waals surface area (Å²) in [5.74, 6) is 0.384. The maximum atomic E-state index is 12.0. The van der Waals surface area contributed by atoms with Gasteiger partial charge in [-0.3, -0.25) is 0 Å². The van der Waals surface area contributed by atoms with E-state index in [0.29, 0.717) is 5.75 Å². The maximum Gasteiger partial charge on any atom is 0.377 e. The third-order valence-electron chi connectivity index (χ3n) is 3.21. The van der Waals surface area contributed by atoms with Crippen LogP contribution in [-0.4, -0.2) is 11.1 Å². The van der Waals surface area contributed by atoms with Gasteiger partial charge in [0.1, 0.15) is 5.75 Å². The third-order valence-corrected chi connectivity index (χ3v) is 5.01. The zero-order valence-electron chi connectivity index (χ0n) is 9.99. The third kappa shape index (κ3) is 2.62. The Labute approximate surface area is 119 Å². The molecule has 1 aliphatic heterocycles. The topological polar surface area (TPSA) is 46.5 Å². The fraction of sp³-hybridized carbons (Fsp3) is 0.143. The average molecular weight is 339 g/mol. The molecule has 5 heteroatoms. The van der Waals surface area contributed by atoms with Gasteiger partial charge >= 0.3 is 7.60 Å². The molecule has 1 heterocycles. The summed E-state index contributed by atoms with van der Waals surface area (Å²) >= 11 is 3.35. The Morgan fingerprint density at radius 3 is 2.68 bits per heavy atom. The van der Waals surface area contributed by atoms with Gasteiger partial charge in [-0.1, -0.05) is 52.3 Å². The molecule has 2 atom stereocenters. The van der Waals surface area contributed by atoms with Crippen molar-refractivity contribution in [3.05, 3.63) is 64.1 Å². The summed E-state index contributed by atoms with van der Waals surface area (Å²) in [6.07, 6.45) is 0.117. The lowest BCUT2D eigenvalue weighted by atomic mass is 9.92. The van der Waals surface area contributed by atoms with Gasteiger partial charge in [0, 0.05) is 16.0 Å². The van der Waals surface area contributed by atoms with E-state index in [9.17, 15) is 9.46 Å². The lowest BCUT2D eigenvalue weighted by molar-refractivity contribution is 0.365. The first-order valence-electron chi connectivity index (χ1n) is 5.91. The molecule has 0 bridgehead atoms. The van der Waals surface area contributed by atoms with E-state index in [-0.39, 0.29) is 12.1 Å². The highest BCUT2D eigenvalue weighted by Gasteiger charge is 2.36. The fourth-order valence-electron chi connectivity index (χ4n) is 2.37. The molecule has 0 saturated carbocycles. The van der Waals surface area contributed by atoms with Crippen LogP contribution in [0.25, 0.3) is 0 Å². The van der Waals surface area contributed by atoms with Crippen molar-refractivity contribution in [1.29, 1.82) is 0 Å². The first-order valence-corrected chi connectivity index (χ1v) is 8.46. The minimum Gasteiger partial charge on any atom is -0.424 e. The van der Waals surface area contributed by atoms with Gasteiger partial charge in [0.15, 0.2) is 0 Å². The molecule has 98 valence electrons. The predicted octanol–water partition coefficient (Wildman–Crippen LogP) is 4.16. The summed E-state index contributed by atoms with van der Waals surface area (Å²) in [6, 6.07) is 15.4. The molecule has 2 unspecified atom stereocenters. The summed E-state index contributed by atoms with van der Waals surface area (Å²) in [4.78, 5) is 9.86. The van der Waals surface area contributed by atoms with Crippen LogP contribution >= 0.6 is 23.5 Å². The van der Waals surface area contributed by atoms with Crippen molar-refractivity contribution in [2.45, 2.75) is 5.92 Å². The highest BCUT2D eigenvalue weighted by atomic mass is 79.9. The zero-order chi connectivity index (χ0) is 13.5. The average Bonchev–Trinajstić information content (AvgIpc) is 2.37. The van der Waals surface area contributed by atoms with Crippen molar-refractivity contribution in [3.63, 3.8) is 0 Å². The van der Waals surface area contributed by atoms with Gasteiger partial charge in [-0.2, -0.15) is 0 Å². The minimum absolute atomic E-state index is 0.103. The van der Waals surface area contributed by atoms with E-state index >= 15 is 0 Å². The highest BCUT2D eigenvalue weighted by Crippen LogP contribution is 2.55. The van der Waals surface area contributed by atoms with Gasteiger partial charge in [0.2, 0.25) is 0 Å². The number of benzene rings is 2. The summed E-state index contributed by atoms with van der Waals surface area (Å²) < 4.78 is 18.1. The van der Waals surface area contributed by atoms with Crippen molar-refractivity contribution in [3.8, 4) is 5.75 Å². The second-order valence-corrected chi connectivity index (χ2v) is 7.30. The molecule has 1 aliphatic rings. The normalized spacial score (nSPS) is 25.5. The Bertz CT molecular complexity index is 657. The van der Waals surface area contributed by atoms with Crippen LogP contribution in [0.2, 0.25) is 0 Å². The number of fused-ring (bicyclic) bond motifs is 1. The number of hydrogen-bond acceptors (Lipinski definition) is 2. The summed E-state index contributed by atoms with van der Waals surface area (Å²) in [5, 5.41) is 0. The largest absolute Gasteiger partial charge is 0.424 e. The molecular weight excluding hydrogens is 327 g/mol. The second kappa shape index (κ2) is 4.78. The monoisotopic (exact) mass is 338 g/mol. The number of halogens is 1. The van der Waals surface area contributed by atoms with Gasteiger partial charge in [0.05, 0.1) is 6.16 Å². The zero-order valence-corrected chi connectivity index (χ0v) is 12.5. The molecule has 2 aromatic carbocycles. The Morgan fingerprint density at radius 2 is 1.95 bits per heavy atom. The summed E-state index contributed by atoms with van der Waals surface area (Å²) in [6.45, 7) is 0. The van der Waals surface area contributed by atoms with Crippen molar-refractivity contribution in [2.24, 2.45) is 0 Å². The molecule has 1 N–H and O–H groups in total. The molecule has 2 aromatic rings. The molecule has 19 heavy (non-hydrogen) atoms. The summed E-state index contributed by atoms with van der Waals surface area (Å²) in [7, 11) is -3.58. The van der Waals surface area contributed by atoms with Crippen LogP contribution in [0.4, 0.5) is 0 Å². The molecule has 0 aliphatic carbocycles. The van der Waals surface area contributed by atoms with E-state index in [2.05, 4.69) is 15.9 Å². The van der Waals surface area contributed by atoms with E-state index < -0.39 is 7.60 Å². The molecule has 0 saturated heterocycles. The van der Waals surface area contributed by atoms with Crippen LogP contribution in [0.5, 0.6) is 5.75 Å². The Hall–Kier alpha value is -1.09. The van der Waals surface area contributed by atoms with E-state index in [0.717, 1.165) is 15.6 Å². The van der Waals surface area contributed by atoms with Crippen molar-refractivity contribution < 1.29 is 14.0 Å². The lowest BCUT2D eigenvalue weighted by Crippen LogP contribution is -2.16. The van der Waals surface area contributed by atoms with Crippen molar-refractivity contribution in [2.75, 3.05) is 6.16 Å². The molecular formula is C14H12BrO3P. The van der Waals surface area contributed by atoms with E-state index in [1.165, 1.54) is 0 Å². The molecule has 3 rings (SSSR count). The van der Waals surface area contributed by atoms with Crippen LogP contribution in [0, 0.1) is 0 Å². The number of hydrogen-bond donors (Lipinski definition) is 1. The Kier molecular flexibility index (Phi) is 3.25. The Balaban J connectivity index is 2.14. The van der Waals surface area contributed by atoms with Crippen LogP contribution in [-0.2, 0) is 4.57 Å². The van der Waals surface area contributed by atoms with Crippen molar-refractivity contribution in [1.82, 2.24) is 0 Å². The Morgan fingerprint density at radius 1 is 1.21 bits per heavy atom. The fourth-order valence-corrected chi connectivity index (χ4v) is 4.11. The van der Waals surface area contributed by atoms with Crippen LogP contribution < -0.4 is 4.52 Å². The smallest absolute Gasteiger partial charge is 0.377 e. The molecule has 3 nitrogen and oxygen atoms in total. The predicted molar refractivity (Wildman–Crippen MR) is 77.7 cm³/mol. The van der Waals surface area contributed by atoms with Gasteiger partial charge in [-0.05, 0) is 17.7 Å². The first-order chi connectivity index (χ1) is 9.05. The second-order valence-electron chi connectivity index (χ2n) is 4.56. The van der Waals surface area contributed by atoms with E-state index in [4.69, 9.17) is 4.52 Å². The maximum absolute atomic E-state index is 12.0. The van der Waals surface area contributed by atoms with Crippen LogP contribution in [0.15, 0.2) is 53.0 Å². The lowest BCUT2D eigenvalue weighted by Gasteiger charge is -2.29. The molecule has 0 aromatic heterocycles. The summed E-state index contributed by atoms with van der Waals surface area (Å²) in [5.41, 5.74) is 1.98. The molecule has 0 spiro atoms. The van der Waals surface area contributed by atoms with Gasteiger partial charge in [-0.15, -0.1) is 0 Å². The van der Waals surface area contributed by atoms with Crippen LogP contribution in [0.1, 0.15) is 17.0 Å². The quantitative estimate of drug-likeness (QED) is 0.794. The van der Waals surface area contributed by atoms with Crippen molar-refractivity contribution >= 4 is 23.5 Å². The van der Waals surface area contributed by atoms with Gasteiger partial charge < -0.3 is 9.42 Å². The van der Waals surface area contributed by atoms with Crippen LogP contribution in [0.3, 0.4) is 0 Å². The molecule has 0 radical (unpaired) electrons. The standard InChI is InChI=1S/C14H12BrO3P/c15-11-6-7-12-13(10-4-2-1-3-5-10)9-19(16,17)18-14(12)8-11/h1-8,13H,9H2,(H,16,17). The van der Waals surface area contributed by atoms with Gasteiger partial charge in [0.25, 0.3) is 0 Å². The SMILES string of the molecule is O=P1(O)CC(c2ccccc2)c2ccc(Br)cc2O1. The van der Waals surface area contributed by atoms with E-state index in [1.54, 1.807) is 6.07 Å². The number of rotatable bonds is 1. The molecule has 0 amide bonds.